The number of anilines is 1. The highest BCUT2D eigenvalue weighted by Gasteiger charge is 2.15. The van der Waals surface area contributed by atoms with Gasteiger partial charge in [-0.2, -0.15) is 0 Å². The number of nitrogens with one attached hydrogen (secondary N) is 1. The Labute approximate surface area is 125 Å². The van der Waals surface area contributed by atoms with E-state index in [-0.39, 0.29) is 11.6 Å². The fourth-order valence-electron chi connectivity index (χ4n) is 1.85. The fourth-order valence-corrected chi connectivity index (χ4v) is 2.05. The molecule has 0 radical (unpaired) electrons. The van der Waals surface area contributed by atoms with Gasteiger partial charge in [0.15, 0.2) is 0 Å². The lowest BCUT2D eigenvalue weighted by Gasteiger charge is -2.15. The van der Waals surface area contributed by atoms with Gasteiger partial charge in [-0.3, -0.25) is 4.79 Å². The van der Waals surface area contributed by atoms with E-state index in [1.807, 2.05) is 0 Å². The third-order valence-corrected chi connectivity index (χ3v) is 3.27. The number of benzene rings is 2. The number of amides is 1. The van der Waals surface area contributed by atoms with Crippen LogP contribution >= 0.6 is 11.6 Å². The van der Waals surface area contributed by atoms with Crippen molar-refractivity contribution >= 4 is 23.2 Å². The molecule has 21 heavy (non-hydrogen) atoms. The molecule has 0 saturated heterocycles. The molecule has 1 unspecified atom stereocenters. The molecule has 0 fully saturated rings. The van der Waals surface area contributed by atoms with Crippen molar-refractivity contribution in [1.82, 2.24) is 5.32 Å². The maximum atomic E-state index is 13.4. The first-order chi connectivity index (χ1) is 9.88. The molecule has 0 saturated carbocycles. The van der Waals surface area contributed by atoms with Crippen LogP contribution in [0.2, 0.25) is 5.02 Å². The van der Waals surface area contributed by atoms with Gasteiger partial charge in [0.25, 0.3) is 5.91 Å². The van der Waals surface area contributed by atoms with Crippen molar-refractivity contribution in [3.05, 3.63) is 64.2 Å². The van der Waals surface area contributed by atoms with Crippen LogP contribution in [0.4, 0.5) is 14.5 Å². The van der Waals surface area contributed by atoms with Gasteiger partial charge in [0.05, 0.1) is 6.04 Å². The van der Waals surface area contributed by atoms with Crippen molar-refractivity contribution < 1.29 is 13.6 Å². The maximum Gasteiger partial charge on any atom is 0.251 e. The van der Waals surface area contributed by atoms with E-state index in [0.29, 0.717) is 5.02 Å². The second-order valence-corrected chi connectivity index (χ2v) is 5.04. The van der Waals surface area contributed by atoms with Crippen LogP contribution in [0, 0.1) is 11.6 Å². The predicted octanol–water partition coefficient (Wildman–Crippen LogP) is 3.69. The molecule has 0 spiro atoms. The molecule has 2 rings (SSSR count). The van der Waals surface area contributed by atoms with Crippen LogP contribution in [-0.2, 0) is 0 Å². The number of nitrogens with two attached hydrogens (primary N) is 1. The van der Waals surface area contributed by atoms with Crippen LogP contribution in [0.25, 0.3) is 0 Å². The molecule has 0 aliphatic carbocycles. The van der Waals surface area contributed by atoms with E-state index in [2.05, 4.69) is 5.32 Å². The van der Waals surface area contributed by atoms with E-state index in [1.165, 1.54) is 0 Å². The highest BCUT2D eigenvalue weighted by Crippen LogP contribution is 2.20. The molecule has 1 amide bonds. The molecule has 0 aromatic heterocycles. The quantitative estimate of drug-likeness (QED) is 0.849. The molecule has 2 aromatic carbocycles. The highest BCUT2D eigenvalue weighted by molar-refractivity contribution is 6.30. The molecule has 0 bridgehead atoms. The van der Waals surface area contributed by atoms with E-state index >= 15 is 0 Å². The summed E-state index contributed by atoms with van der Waals surface area (Å²) in [6, 6.07) is 8.40. The van der Waals surface area contributed by atoms with E-state index in [9.17, 15) is 13.6 Å². The van der Waals surface area contributed by atoms with Crippen molar-refractivity contribution in [2.24, 2.45) is 0 Å². The summed E-state index contributed by atoms with van der Waals surface area (Å²) in [5.74, 6) is -2.52. The lowest BCUT2D eigenvalue weighted by atomic mass is 10.1. The van der Waals surface area contributed by atoms with E-state index in [0.717, 1.165) is 17.7 Å². The number of nitrogen functional groups attached to an aromatic ring is 1. The fraction of sp³-hybridized carbons (Fsp3) is 0.133. The SMILES string of the molecule is CC(NC(=O)c1cc(F)c(N)c(F)c1)c1cccc(Cl)c1. The van der Waals surface area contributed by atoms with Crippen molar-refractivity contribution in [2.75, 3.05) is 5.73 Å². The normalized spacial score (nSPS) is 12.0. The molecular weight excluding hydrogens is 298 g/mol. The van der Waals surface area contributed by atoms with Crippen LogP contribution < -0.4 is 11.1 Å². The molecule has 0 aliphatic rings. The Morgan fingerprint density at radius 2 is 1.86 bits per heavy atom. The summed E-state index contributed by atoms with van der Waals surface area (Å²) in [5, 5.41) is 3.18. The van der Waals surface area contributed by atoms with Crippen LogP contribution in [0.15, 0.2) is 36.4 Å². The molecule has 0 heterocycles. The first-order valence-corrected chi connectivity index (χ1v) is 6.57. The van der Waals surface area contributed by atoms with Gasteiger partial charge >= 0.3 is 0 Å². The highest BCUT2D eigenvalue weighted by atomic mass is 35.5. The third kappa shape index (κ3) is 3.49. The van der Waals surface area contributed by atoms with Gasteiger partial charge in [-0.25, -0.2) is 8.78 Å². The Bertz CT molecular complexity index is 668. The molecule has 3 N–H and O–H groups in total. The van der Waals surface area contributed by atoms with Crippen LogP contribution in [0.5, 0.6) is 0 Å². The molecule has 3 nitrogen and oxygen atoms in total. The van der Waals surface area contributed by atoms with Gasteiger partial charge < -0.3 is 11.1 Å². The van der Waals surface area contributed by atoms with Crippen molar-refractivity contribution in [2.45, 2.75) is 13.0 Å². The van der Waals surface area contributed by atoms with Crippen molar-refractivity contribution in [1.29, 1.82) is 0 Å². The molecular formula is C15H13ClF2N2O. The topological polar surface area (TPSA) is 55.1 Å². The second-order valence-electron chi connectivity index (χ2n) is 4.60. The maximum absolute atomic E-state index is 13.4. The van der Waals surface area contributed by atoms with Gasteiger partial charge in [0.1, 0.15) is 17.3 Å². The lowest BCUT2D eigenvalue weighted by Crippen LogP contribution is -2.27. The van der Waals surface area contributed by atoms with Gasteiger partial charge in [-0.05, 0) is 36.8 Å². The minimum Gasteiger partial charge on any atom is -0.394 e. The Morgan fingerprint density at radius 3 is 2.43 bits per heavy atom. The zero-order chi connectivity index (χ0) is 15.6. The van der Waals surface area contributed by atoms with Crippen molar-refractivity contribution in [3.63, 3.8) is 0 Å². The van der Waals surface area contributed by atoms with Crippen LogP contribution in [0.3, 0.4) is 0 Å². The summed E-state index contributed by atoms with van der Waals surface area (Å²) >= 11 is 5.88. The van der Waals surface area contributed by atoms with Gasteiger partial charge in [0, 0.05) is 10.6 Å². The Balaban J connectivity index is 2.18. The largest absolute Gasteiger partial charge is 0.394 e. The minimum absolute atomic E-state index is 0.131. The molecule has 1 atom stereocenters. The average molecular weight is 311 g/mol. The molecule has 110 valence electrons. The third-order valence-electron chi connectivity index (χ3n) is 3.04. The number of halogens is 3. The van der Waals surface area contributed by atoms with Gasteiger partial charge in [0.2, 0.25) is 0 Å². The number of rotatable bonds is 3. The standard InChI is InChI=1S/C15H13ClF2N2O/c1-8(9-3-2-4-11(16)5-9)20-15(21)10-6-12(17)14(19)13(18)7-10/h2-8H,19H2,1H3,(H,20,21). The summed E-state index contributed by atoms with van der Waals surface area (Å²) < 4.78 is 26.7. The van der Waals surface area contributed by atoms with E-state index in [1.54, 1.807) is 31.2 Å². The van der Waals surface area contributed by atoms with Gasteiger partial charge in [-0.15, -0.1) is 0 Å². The summed E-state index contributed by atoms with van der Waals surface area (Å²) in [7, 11) is 0. The number of carbonyl (C=O) groups is 1. The first-order valence-electron chi connectivity index (χ1n) is 6.19. The molecule has 0 aliphatic heterocycles. The molecule has 2 aromatic rings. The predicted molar refractivity (Wildman–Crippen MR) is 78.1 cm³/mol. The number of hydrogen-bond donors (Lipinski definition) is 2. The van der Waals surface area contributed by atoms with Crippen molar-refractivity contribution in [3.8, 4) is 0 Å². The lowest BCUT2D eigenvalue weighted by molar-refractivity contribution is 0.0939. The second kappa shape index (κ2) is 6.10. The summed E-state index contributed by atoms with van der Waals surface area (Å²) in [5.41, 5.74) is 5.21. The first kappa shape index (κ1) is 15.3. The summed E-state index contributed by atoms with van der Waals surface area (Å²) in [6.07, 6.45) is 0. The average Bonchev–Trinajstić information content (AvgIpc) is 2.44. The number of hydrogen-bond acceptors (Lipinski definition) is 2. The minimum atomic E-state index is -0.962. The Kier molecular flexibility index (Phi) is 4.43. The molecule has 6 heteroatoms. The Morgan fingerprint density at radius 1 is 1.24 bits per heavy atom. The van der Waals surface area contributed by atoms with E-state index < -0.39 is 23.2 Å². The summed E-state index contributed by atoms with van der Waals surface area (Å²) in [6.45, 7) is 1.74. The van der Waals surface area contributed by atoms with Gasteiger partial charge in [-0.1, -0.05) is 23.7 Å². The van der Waals surface area contributed by atoms with Crippen LogP contribution in [0.1, 0.15) is 28.9 Å². The monoisotopic (exact) mass is 310 g/mol. The van der Waals surface area contributed by atoms with Crippen LogP contribution in [-0.4, -0.2) is 5.91 Å². The Hall–Kier alpha value is -2.14. The zero-order valence-corrected chi connectivity index (χ0v) is 11.9. The van der Waals surface area contributed by atoms with E-state index in [4.69, 9.17) is 17.3 Å². The number of carbonyl (C=O) groups excluding carboxylic acids is 1. The smallest absolute Gasteiger partial charge is 0.251 e. The zero-order valence-electron chi connectivity index (χ0n) is 11.2. The summed E-state index contributed by atoms with van der Waals surface area (Å²) in [4.78, 5) is 12.0.